The fourth-order valence-corrected chi connectivity index (χ4v) is 1.45. The standard InChI is InChI=1S/C12H15F3O3/c1-17-6-7-18-11-5-3-2-4-9(11)10(16)8-12(13,14)15/h2-5,10,16H,6-8H2,1H3. The Kier molecular flexibility index (Phi) is 5.43. The fraction of sp³-hybridized carbons (Fsp3) is 0.500. The van der Waals surface area contributed by atoms with Gasteiger partial charge in [0.2, 0.25) is 0 Å². The molecule has 1 N–H and O–H groups in total. The maximum atomic E-state index is 12.2. The SMILES string of the molecule is COCCOc1ccccc1C(O)CC(F)(F)F. The summed E-state index contributed by atoms with van der Waals surface area (Å²) in [5, 5.41) is 9.56. The zero-order valence-electron chi connectivity index (χ0n) is 9.91. The van der Waals surface area contributed by atoms with Gasteiger partial charge in [-0.2, -0.15) is 13.2 Å². The number of rotatable bonds is 6. The molecule has 1 aromatic rings. The molecule has 6 heteroatoms. The zero-order chi connectivity index (χ0) is 13.6. The molecule has 0 spiro atoms. The lowest BCUT2D eigenvalue weighted by atomic mass is 10.1. The Hall–Kier alpha value is -1.27. The number of halogens is 3. The maximum absolute atomic E-state index is 12.2. The highest BCUT2D eigenvalue weighted by Gasteiger charge is 2.32. The van der Waals surface area contributed by atoms with Crippen molar-refractivity contribution in [3.63, 3.8) is 0 Å². The van der Waals surface area contributed by atoms with Crippen LogP contribution < -0.4 is 4.74 Å². The predicted molar refractivity (Wildman–Crippen MR) is 59.4 cm³/mol. The molecule has 1 aromatic carbocycles. The number of alkyl halides is 3. The first-order chi connectivity index (χ1) is 8.44. The number of hydrogen-bond donors (Lipinski definition) is 1. The molecule has 0 radical (unpaired) electrons. The summed E-state index contributed by atoms with van der Waals surface area (Å²) in [4.78, 5) is 0. The molecule has 102 valence electrons. The molecule has 3 nitrogen and oxygen atoms in total. The Morgan fingerprint density at radius 3 is 2.50 bits per heavy atom. The number of para-hydroxylation sites is 1. The van der Waals surface area contributed by atoms with Crippen molar-refractivity contribution in [3.05, 3.63) is 29.8 Å². The average Bonchev–Trinajstić information content (AvgIpc) is 2.27. The van der Waals surface area contributed by atoms with Gasteiger partial charge >= 0.3 is 6.18 Å². The van der Waals surface area contributed by atoms with Gasteiger partial charge in [-0.1, -0.05) is 18.2 Å². The molecule has 1 rings (SSSR count). The van der Waals surface area contributed by atoms with Gasteiger partial charge in [0.05, 0.1) is 19.1 Å². The van der Waals surface area contributed by atoms with E-state index in [0.717, 1.165) is 0 Å². The van der Waals surface area contributed by atoms with E-state index in [9.17, 15) is 18.3 Å². The van der Waals surface area contributed by atoms with Crippen LogP contribution in [0.15, 0.2) is 24.3 Å². The molecule has 0 amide bonds. The van der Waals surface area contributed by atoms with Crippen molar-refractivity contribution in [1.29, 1.82) is 0 Å². The van der Waals surface area contributed by atoms with Gasteiger partial charge < -0.3 is 14.6 Å². The van der Waals surface area contributed by atoms with E-state index in [1.165, 1.54) is 19.2 Å². The van der Waals surface area contributed by atoms with Crippen molar-refractivity contribution >= 4 is 0 Å². The van der Waals surface area contributed by atoms with Gasteiger partial charge in [0.25, 0.3) is 0 Å². The van der Waals surface area contributed by atoms with Crippen molar-refractivity contribution < 1.29 is 27.8 Å². The van der Waals surface area contributed by atoms with Gasteiger partial charge in [-0.15, -0.1) is 0 Å². The van der Waals surface area contributed by atoms with E-state index in [-0.39, 0.29) is 17.9 Å². The Balaban J connectivity index is 2.74. The van der Waals surface area contributed by atoms with Gasteiger partial charge in [0.15, 0.2) is 0 Å². The number of methoxy groups -OCH3 is 1. The second-order valence-electron chi connectivity index (χ2n) is 3.71. The molecule has 0 heterocycles. The first-order valence-electron chi connectivity index (χ1n) is 5.39. The van der Waals surface area contributed by atoms with Crippen molar-refractivity contribution in [2.24, 2.45) is 0 Å². The summed E-state index contributed by atoms with van der Waals surface area (Å²) in [7, 11) is 1.49. The van der Waals surface area contributed by atoms with Crippen molar-refractivity contribution in [2.45, 2.75) is 18.7 Å². The van der Waals surface area contributed by atoms with Crippen LogP contribution in [0.25, 0.3) is 0 Å². The molecule has 1 unspecified atom stereocenters. The molecule has 1 atom stereocenters. The van der Waals surface area contributed by atoms with Gasteiger partial charge in [0.1, 0.15) is 12.4 Å². The van der Waals surface area contributed by atoms with Crippen LogP contribution in [0.3, 0.4) is 0 Å². The molecule has 0 fully saturated rings. The molecule has 0 aliphatic rings. The largest absolute Gasteiger partial charge is 0.491 e. The fourth-order valence-electron chi connectivity index (χ4n) is 1.45. The van der Waals surface area contributed by atoms with Crippen LogP contribution in [-0.4, -0.2) is 31.6 Å². The molecule has 0 aliphatic heterocycles. The van der Waals surface area contributed by atoms with Gasteiger partial charge in [0, 0.05) is 12.7 Å². The summed E-state index contributed by atoms with van der Waals surface area (Å²) in [5.74, 6) is 0.242. The van der Waals surface area contributed by atoms with Crippen LogP contribution in [0.5, 0.6) is 5.75 Å². The molecule has 0 saturated heterocycles. The monoisotopic (exact) mass is 264 g/mol. The summed E-state index contributed by atoms with van der Waals surface area (Å²) in [6.07, 6.45) is -7.33. The van der Waals surface area contributed by atoms with Crippen LogP contribution in [0.2, 0.25) is 0 Å². The minimum absolute atomic E-state index is 0.130. The lowest BCUT2D eigenvalue weighted by molar-refractivity contribution is -0.154. The smallest absolute Gasteiger partial charge is 0.391 e. The number of aliphatic hydroxyl groups excluding tert-OH is 1. The van der Waals surface area contributed by atoms with E-state index < -0.39 is 18.7 Å². The predicted octanol–water partition coefficient (Wildman–Crippen LogP) is 2.70. The first kappa shape index (κ1) is 14.8. The average molecular weight is 264 g/mol. The Bertz CT molecular complexity index is 366. The van der Waals surface area contributed by atoms with E-state index in [4.69, 9.17) is 9.47 Å². The third kappa shape index (κ3) is 4.93. The molecule has 18 heavy (non-hydrogen) atoms. The van der Waals surface area contributed by atoms with Crippen LogP contribution >= 0.6 is 0 Å². The molecular weight excluding hydrogens is 249 g/mol. The Morgan fingerprint density at radius 2 is 1.89 bits per heavy atom. The van der Waals surface area contributed by atoms with Gasteiger partial charge in [-0.25, -0.2) is 0 Å². The number of benzene rings is 1. The van der Waals surface area contributed by atoms with Crippen molar-refractivity contribution in [2.75, 3.05) is 20.3 Å². The van der Waals surface area contributed by atoms with E-state index >= 15 is 0 Å². The van der Waals surface area contributed by atoms with Crippen molar-refractivity contribution in [3.8, 4) is 5.75 Å². The van der Waals surface area contributed by atoms with E-state index in [2.05, 4.69) is 0 Å². The number of aliphatic hydroxyl groups is 1. The van der Waals surface area contributed by atoms with Crippen LogP contribution in [-0.2, 0) is 4.74 Å². The number of hydrogen-bond acceptors (Lipinski definition) is 3. The minimum Gasteiger partial charge on any atom is -0.491 e. The summed E-state index contributed by atoms with van der Waals surface area (Å²) >= 11 is 0. The molecule has 0 aliphatic carbocycles. The summed E-state index contributed by atoms with van der Waals surface area (Å²) < 4.78 is 46.7. The third-order valence-electron chi connectivity index (χ3n) is 2.25. The quantitative estimate of drug-likeness (QED) is 0.803. The highest BCUT2D eigenvalue weighted by Crippen LogP contribution is 2.33. The maximum Gasteiger partial charge on any atom is 0.391 e. The van der Waals surface area contributed by atoms with E-state index in [1.54, 1.807) is 12.1 Å². The highest BCUT2D eigenvalue weighted by molar-refractivity contribution is 5.35. The lowest BCUT2D eigenvalue weighted by Gasteiger charge is -2.17. The second kappa shape index (κ2) is 6.61. The second-order valence-corrected chi connectivity index (χ2v) is 3.71. The highest BCUT2D eigenvalue weighted by atomic mass is 19.4. The Labute approximate surface area is 103 Å². The molecular formula is C12H15F3O3. The number of ether oxygens (including phenoxy) is 2. The van der Waals surface area contributed by atoms with Crippen LogP contribution in [0.4, 0.5) is 13.2 Å². The first-order valence-corrected chi connectivity index (χ1v) is 5.39. The molecule has 0 saturated carbocycles. The third-order valence-corrected chi connectivity index (χ3v) is 2.25. The summed E-state index contributed by atoms with van der Waals surface area (Å²) in [5.41, 5.74) is 0.130. The normalized spacial score (nSPS) is 13.4. The lowest BCUT2D eigenvalue weighted by Crippen LogP contribution is -2.15. The summed E-state index contributed by atoms with van der Waals surface area (Å²) in [6, 6.07) is 6.12. The van der Waals surface area contributed by atoms with Crippen molar-refractivity contribution in [1.82, 2.24) is 0 Å². The van der Waals surface area contributed by atoms with Gasteiger partial charge in [-0.3, -0.25) is 0 Å². The molecule has 0 bridgehead atoms. The van der Waals surface area contributed by atoms with Crippen LogP contribution in [0, 0.1) is 0 Å². The van der Waals surface area contributed by atoms with E-state index in [0.29, 0.717) is 6.61 Å². The van der Waals surface area contributed by atoms with Crippen LogP contribution in [0.1, 0.15) is 18.1 Å². The summed E-state index contributed by atoms with van der Waals surface area (Å²) in [6.45, 7) is 0.538. The molecule has 0 aromatic heterocycles. The Morgan fingerprint density at radius 1 is 1.22 bits per heavy atom. The minimum atomic E-state index is -4.42. The topological polar surface area (TPSA) is 38.7 Å². The van der Waals surface area contributed by atoms with Gasteiger partial charge in [-0.05, 0) is 6.07 Å². The zero-order valence-corrected chi connectivity index (χ0v) is 9.91. The van der Waals surface area contributed by atoms with E-state index in [1.807, 2.05) is 0 Å².